The summed E-state index contributed by atoms with van der Waals surface area (Å²) in [4.78, 5) is 0. The van der Waals surface area contributed by atoms with E-state index < -0.39 is 0 Å². The van der Waals surface area contributed by atoms with Gasteiger partial charge in [-0.05, 0) is 55.3 Å². The normalized spacial score (nSPS) is 38.7. The van der Waals surface area contributed by atoms with Crippen LogP contribution in [0.4, 0.5) is 0 Å². The second kappa shape index (κ2) is 5.94. The van der Waals surface area contributed by atoms with Crippen LogP contribution in [0.3, 0.4) is 0 Å². The van der Waals surface area contributed by atoms with Gasteiger partial charge in [0.15, 0.2) is 0 Å². The average molecular weight is 251 g/mol. The highest BCUT2D eigenvalue weighted by molar-refractivity contribution is 4.90. The summed E-state index contributed by atoms with van der Waals surface area (Å²) in [6.07, 6.45) is 12.8. The fraction of sp³-hybridized carbons (Fsp3) is 1.00. The highest BCUT2D eigenvalue weighted by Gasteiger charge is 2.35. The maximum atomic E-state index is 5.89. The van der Waals surface area contributed by atoms with Gasteiger partial charge in [0.1, 0.15) is 0 Å². The Balaban J connectivity index is 1.72. The van der Waals surface area contributed by atoms with Crippen molar-refractivity contribution in [2.45, 2.75) is 84.6 Å². The number of rotatable bonds is 6. The highest BCUT2D eigenvalue weighted by atomic mass is 14.7. The standard InChI is InChI=1S/C17H33N/c1-4-6-13-9-14(12-17(2,3)11-13)7-5-8-15-10-16(15)18/h13-16H,4-12,18H2,1-3H3. The Bertz CT molecular complexity index is 258. The summed E-state index contributed by atoms with van der Waals surface area (Å²) in [5.74, 6) is 2.89. The van der Waals surface area contributed by atoms with Gasteiger partial charge in [-0.3, -0.25) is 0 Å². The molecule has 1 nitrogen and oxygen atoms in total. The summed E-state index contributed by atoms with van der Waals surface area (Å²) in [6.45, 7) is 7.31. The zero-order valence-corrected chi connectivity index (χ0v) is 12.8. The van der Waals surface area contributed by atoms with Gasteiger partial charge in [-0.1, -0.05) is 46.5 Å². The number of hydrogen-bond donors (Lipinski definition) is 1. The molecule has 0 aromatic heterocycles. The fourth-order valence-corrected chi connectivity index (χ4v) is 4.40. The molecule has 4 atom stereocenters. The molecule has 2 N–H and O–H groups in total. The van der Waals surface area contributed by atoms with Crippen LogP contribution in [-0.2, 0) is 0 Å². The molecule has 0 bridgehead atoms. The van der Waals surface area contributed by atoms with Crippen LogP contribution in [-0.4, -0.2) is 6.04 Å². The third-order valence-corrected chi connectivity index (χ3v) is 5.21. The van der Waals surface area contributed by atoms with Crippen LogP contribution >= 0.6 is 0 Å². The topological polar surface area (TPSA) is 26.0 Å². The highest BCUT2D eigenvalue weighted by Crippen LogP contribution is 2.45. The third kappa shape index (κ3) is 4.26. The van der Waals surface area contributed by atoms with Crippen LogP contribution in [0.15, 0.2) is 0 Å². The minimum absolute atomic E-state index is 0.556. The van der Waals surface area contributed by atoms with Crippen molar-refractivity contribution in [2.75, 3.05) is 0 Å². The van der Waals surface area contributed by atoms with E-state index in [0.717, 1.165) is 17.8 Å². The van der Waals surface area contributed by atoms with Gasteiger partial charge in [0, 0.05) is 6.04 Å². The van der Waals surface area contributed by atoms with Gasteiger partial charge >= 0.3 is 0 Å². The lowest BCUT2D eigenvalue weighted by Gasteiger charge is -2.40. The molecule has 0 saturated heterocycles. The molecular formula is C17H33N. The van der Waals surface area contributed by atoms with Gasteiger partial charge in [0.2, 0.25) is 0 Å². The summed E-state index contributed by atoms with van der Waals surface area (Å²) < 4.78 is 0. The number of nitrogens with two attached hydrogens (primary N) is 1. The Morgan fingerprint density at radius 1 is 1.00 bits per heavy atom. The Kier molecular flexibility index (Phi) is 4.75. The maximum absolute atomic E-state index is 5.89. The SMILES string of the molecule is CCCC1CC(CCCC2CC2N)CC(C)(C)C1. The summed E-state index contributed by atoms with van der Waals surface area (Å²) in [7, 11) is 0. The summed E-state index contributed by atoms with van der Waals surface area (Å²) in [5.41, 5.74) is 6.49. The first kappa shape index (κ1) is 14.4. The van der Waals surface area contributed by atoms with Crippen molar-refractivity contribution in [1.82, 2.24) is 0 Å². The predicted octanol–water partition coefficient (Wildman–Crippen LogP) is 4.75. The Morgan fingerprint density at radius 3 is 2.17 bits per heavy atom. The zero-order valence-electron chi connectivity index (χ0n) is 12.8. The lowest BCUT2D eigenvalue weighted by molar-refractivity contribution is 0.111. The largest absolute Gasteiger partial charge is 0.327 e. The first-order chi connectivity index (χ1) is 8.50. The van der Waals surface area contributed by atoms with E-state index in [-0.39, 0.29) is 0 Å². The van der Waals surface area contributed by atoms with E-state index in [1.165, 1.54) is 57.8 Å². The molecule has 2 aliphatic carbocycles. The molecule has 0 aromatic rings. The molecule has 0 aliphatic heterocycles. The van der Waals surface area contributed by atoms with E-state index in [9.17, 15) is 0 Å². The van der Waals surface area contributed by atoms with E-state index in [0.29, 0.717) is 11.5 Å². The molecule has 0 radical (unpaired) electrons. The van der Waals surface area contributed by atoms with Crippen molar-refractivity contribution in [3.05, 3.63) is 0 Å². The number of hydrogen-bond acceptors (Lipinski definition) is 1. The predicted molar refractivity (Wildman–Crippen MR) is 79.5 cm³/mol. The van der Waals surface area contributed by atoms with E-state index in [2.05, 4.69) is 20.8 Å². The van der Waals surface area contributed by atoms with Crippen LogP contribution < -0.4 is 5.73 Å². The molecule has 2 saturated carbocycles. The maximum Gasteiger partial charge on any atom is 0.00709 e. The molecule has 4 unspecified atom stereocenters. The van der Waals surface area contributed by atoms with Gasteiger partial charge in [0.05, 0.1) is 0 Å². The van der Waals surface area contributed by atoms with Crippen molar-refractivity contribution >= 4 is 0 Å². The summed E-state index contributed by atoms with van der Waals surface area (Å²) in [6, 6.07) is 0.556. The molecular weight excluding hydrogens is 218 g/mol. The van der Waals surface area contributed by atoms with E-state index >= 15 is 0 Å². The molecule has 0 heterocycles. The molecule has 18 heavy (non-hydrogen) atoms. The van der Waals surface area contributed by atoms with Crippen LogP contribution in [0.2, 0.25) is 0 Å². The third-order valence-electron chi connectivity index (χ3n) is 5.21. The Labute approximate surface area is 114 Å². The van der Waals surface area contributed by atoms with Crippen LogP contribution in [0.1, 0.15) is 78.6 Å². The van der Waals surface area contributed by atoms with Crippen LogP contribution in [0.5, 0.6) is 0 Å². The van der Waals surface area contributed by atoms with Gasteiger partial charge < -0.3 is 5.73 Å². The Hall–Kier alpha value is -0.0400. The van der Waals surface area contributed by atoms with Crippen molar-refractivity contribution in [2.24, 2.45) is 28.9 Å². The van der Waals surface area contributed by atoms with E-state index in [1.54, 1.807) is 0 Å². The molecule has 0 amide bonds. The molecule has 0 spiro atoms. The lowest BCUT2D eigenvalue weighted by Crippen LogP contribution is -2.28. The second-order valence-electron chi connectivity index (χ2n) is 7.92. The molecule has 0 aromatic carbocycles. The van der Waals surface area contributed by atoms with E-state index in [1.807, 2.05) is 0 Å². The van der Waals surface area contributed by atoms with E-state index in [4.69, 9.17) is 5.73 Å². The van der Waals surface area contributed by atoms with Crippen molar-refractivity contribution in [3.8, 4) is 0 Å². The molecule has 2 aliphatic rings. The monoisotopic (exact) mass is 251 g/mol. The molecule has 2 rings (SSSR count). The molecule has 1 heteroatoms. The minimum atomic E-state index is 0.556. The Morgan fingerprint density at radius 2 is 1.61 bits per heavy atom. The van der Waals surface area contributed by atoms with Gasteiger partial charge in [-0.15, -0.1) is 0 Å². The van der Waals surface area contributed by atoms with Crippen molar-refractivity contribution in [1.29, 1.82) is 0 Å². The van der Waals surface area contributed by atoms with Gasteiger partial charge in [0.25, 0.3) is 0 Å². The average Bonchev–Trinajstić information content (AvgIpc) is 2.92. The van der Waals surface area contributed by atoms with Crippen LogP contribution in [0.25, 0.3) is 0 Å². The van der Waals surface area contributed by atoms with Crippen molar-refractivity contribution in [3.63, 3.8) is 0 Å². The van der Waals surface area contributed by atoms with Crippen LogP contribution in [0, 0.1) is 23.2 Å². The van der Waals surface area contributed by atoms with Gasteiger partial charge in [-0.2, -0.15) is 0 Å². The smallest absolute Gasteiger partial charge is 0.00709 e. The second-order valence-corrected chi connectivity index (χ2v) is 7.92. The quantitative estimate of drug-likeness (QED) is 0.724. The molecule has 2 fully saturated rings. The fourth-order valence-electron chi connectivity index (χ4n) is 4.40. The molecule has 106 valence electrons. The zero-order chi connectivity index (χ0) is 13.2. The first-order valence-corrected chi connectivity index (χ1v) is 8.26. The summed E-state index contributed by atoms with van der Waals surface area (Å²) >= 11 is 0. The minimum Gasteiger partial charge on any atom is -0.327 e. The summed E-state index contributed by atoms with van der Waals surface area (Å²) in [5, 5.41) is 0. The van der Waals surface area contributed by atoms with Crippen molar-refractivity contribution < 1.29 is 0 Å². The first-order valence-electron chi connectivity index (χ1n) is 8.26. The van der Waals surface area contributed by atoms with Gasteiger partial charge in [-0.25, -0.2) is 0 Å². The lowest BCUT2D eigenvalue weighted by atomic mass is 9.65.